The molecule has 2 amide bonds. The lowest BCUT2D eigenvalue weighted by atomic mass is 10.1. The molecular weight excluding hydrogens is 384 g/mol. The molecule has 7 heteroatoms. The van der Waals surface area contributed by atoms with E-state index in [9.17, 15) is 9.59 Å². The van der Waals surface area contributed by atoms with Gasteiger partial charge in [-0.15, -0.1) is 10.2 Å². The minimum Gasteiger partial charge on any atom is -0.311 e. The maximum absolute atomic E-state index is 12.7. The smallest absolute Gasteiger partial charge is 0.231 e. The number of hydrogen-bond donors (Lipinski definition) is 1. The molecule has 1 N–H and O–H groups in total. The number of nitrogens with zero attached hydrogens (tertiary/aromatic N) is 3. The molecule has 1 unspecified atom stereocenters. The van der Waals surface area contributed by atoms with Crippen LogP contribution in [-0.4, -0.2) is 28.6 Å². The number of anilines is 2. The fourth-order valence-electron chi connectivity index (χ4n) is 3.49. The number of amides is 2. The third-order valence-corrected chi connectivity index (χ3v) is 5.97. The molecule has 2 heterocycles. The van der Waals surface area contributed by atoms with Gasteiger partial charge in [0, 0.05) is 25.1 Å². The normalized spacial score (nSPS) is 16.2. The van der Waals surface area contributed by atoms with Gasteiger partial charge in [0.2, 0.25) is 16.9 Å². The molecular formula is C22H22N4O2S. The predicted octanol–water partition coefficient (Wildman–Crippen LogP) is 3.62. The van der Waals surface area contributed by atoms with Crippen LogP contribution >= 0.6 is 11.3 Å². The first-order valence-electron chi connectivity index (χ1n) is 9.63. The lowest BCUT2D eigenvalue weighted by Gasteiger charge is -2.18. The highest BCUT2D eigenvalue weighted by Crippen LogP contribution is 2.28. The minimum atomic E-state index is -0.390. The quantitative estimate of drug-likeness (QED) is 0.678. The summed E-state index contributed by atoms with van der Waals surface area (Å²) in [5.41, 5.74) is 3.13. The predicted molar refractivity (Wildman–Crippen MR) is 114 cm³/mol. The number of aromatic nitrogens is 2. The molecule has 4 rings (SSSR count). The van der Waals surface area contributed by atoms with Gasteiger partial charge in [-0.3, -0.25) is 9.59 Å². The Kier molecular flexibility index (Phi) is 5.67. The van der Waals surface area contributed by atoms with E-state index >= 15 is 0 Å². The van der Waals surface area contributed by atoms with Gasteiger partial charge in [0.05, 0.1) is 5.92 Å². The highest BCUT2D eigenvalue weighted by atomic mass is 32.1. The third kappa shape index (κ3) is 4.51. The maximum atomic E-state index is 12.7. The standard InChI is InChI=1S/C22H22N4O2S/c1-15-7-5-6-10-18(15)26-14-17(13-20(26)27)21(28)23-22-25-24-19(29-22)12-11-16-8-3-2-4-9-16/h2-10,17H,11-14H2,1H3,(H,23,25,28). The minimum absolute atomic E-state index is 0.0275. The first-order valence-corrected chi connectivity index (χ1v) is 10.4. The van der Waals surface area contributed by atoms with Crippen molar-refractivity contribution in [3.8, 4) is 0 Å². The van der Waals surface area contributed by atoms with Crippen LogP contribution in [0.25, 0.3) is 0 Å². The zero-order valence-corrected chi connectivity index (χ0v) is 17.0. The van der Waals surface area contributed by atoms with Gasteiger partial charge < -0.3 is 10.2 Å². The van der Waals surface area contributed by atoms with Crippen molar-refractivity contribution in [1.82, 2.24) is 10.2 Å². The summed E-state index contributed by atoms with van der Waals surface area (Å²) >= 11 is 1.39. The molecule has 29 heavy (non-hydrogen) atoms. The van der Waals surface area contributed by atoms with E-state index in [-0.39, 0.29) is 18.2 Å². The van der Waals surface area contributed by atoms with E-state index in [1.165, 1.54) is 16.9 Å². The summed E-state index contributed by atoms with van der Waals surface area (Å²) in [6, 6.07) is 17.9. The van der Waals surface area contributed by atoms with Gasteiger partial charge in [-0.1, -0.05) is 59.9 Å². The molecule has 0 radical (unpaired) electrons. The van der Waals surface area contributed by atoms with Crippen LogP contribution in [0.1, 0.15) is 22.6 Å². The second kappa shape index (κ2) is 8.53. The number of carbonyl (C=O) groups is 2. The van der Waals surface area contributed by atoms with Crippen molar-refractivity contribution in [2.45, 2.75) is 26.2 Å². The van der Waals surface area contributed by atoms with Crippen LogP contribution in [0.15, 0.2) is 54.6 Å². The van der Waals surface area contributed by atoms with Crippen LogP contribution < -0.4 is 10.2 Å². The van der Waals surface area contributed by atoms with E-state index in [0.717, 1.165) is 29.1 Å². The molecule has 6 nitrogen and oxygen atoms in total. The summed E-state index contributed by atoms with van der Waals surface area (Å²) in [6.45, 7) is 2.35. The highest BCUT2D eigenvalue weighted by molar-refractivity contribution is 7.15. The number of benzene rings is 2. The average Bonchev–Trinajstić information content (AvgIpc) is 3.34. The molecule has 0 saturated carbocycles. The van der Waals surface area contributed by atoms with Gasteiger partial charge in [0.1, 0.15) is 5.01 Å². The zero-order valence-electron chi connectivity index (χ0n) is 16.2. The van der Waals surface area contributed by atoms with Crippen molar-refractivity contribution in [3.63, 3.8) is 0 Å². The van der Waals surface area contributed by atoms with Crippen molar-refractivity contribution >= 4 is 34.0 Å². The SMILES string of the molecule is Cc1ccccc1N1CC(C(=O)Nc2nnc(CCc3ccccc3)s2)CC1=O. The fraction of sp³-hybridized carbons (Fsp3) is 0.273. The number of aryl methyl sites for hydroxylation is 3. The van der Waals surface area contributed by atoms with Crippen molar-refractivity contribution in [3.05, 3.63) is 70.7 Å². The third-order valence-electron chi connectivity index (χ3n) is 5.07. The van der Waals surface area contributed by atoms with E-state index in [2.05, 4.69) is 27.6 Å². The first kappa shape index (κ1) is 19.3. The first-order chi connectivity index (χ1) is 14.1. The monoisotopic (exact) mass is 406 g/mol. The Hall–Kier alpha value is -3.06. The van der Waals surface area contributed by atoms with Crippen LogP contribution in [0, 0.1) is 12.8 Å². The fourth-order valence-corrected chi connectivity index (χ4v) is 4.23. The Morgan fingerprint density at radius 3 is 2.66 bits per heavy atom. The van der Waals surface area contributed by atoms with Crippen molar-refractivity contribution in [2.75, 3.05) is 16.8 Å². The molecule has 3 aromatic rings. The summed E-state index contributed by atoms with van der Waals surface area (Å²) in [5.74, 6) is -0.598. The molecule has 1 aromatic heterocycles. The van der Waals surface area contributed by atoms with Crippen LogP contribution in [0.3, 0.4) is 0 Å². The molecule has 0 spiro atoms. The summed E-state index contributed by atoms with van der Waals surface area (Å²) in [5, 5.41) is 12.5. The molecule has 0 aliphatic carbocycles. The molecule has 1 fully saturated rings. The number of carbonyl (C=O) groups excluding carboxylic acids is 2. The number of nitrogens with one attached hydrogen (secondary N) is 1. The largest absolute Gasteiger partial charge is 0.311 e. The topological polar surface area (TPSA) is 75.2 Å². The van der Waals surface area contributed by atoms with Gasteiger partial charge in [0.15, 0.2) is 0 Å². The second-order valence-electron chi connectivity index (χ2n) is 7.17. The van der Waals surface area contributed by atoms with Gasteiger partial charge in [-0.25, -0.2) is 0 Å². The van der Waals surface area contributed by atoms with Crippen LogP contribution in [0.2, 0.25) is 0 Å². The summed E-state index contributed by atoms with van der Waals surface area (Å²) < 4.78 is 0. The van der Waals surface area contributed by atoms with E-state index in [1.807, 2.05) is 49.4 Å². The van der Waals surface area contributed by atoms with E-state index in [4.69, 9.17) is 0 Å². The van der Waals surface area contributed by atoms with E-state index in [1.54, 1.807) is 4.90 Å². The van der Waals surface area contributed by atoms with E-state index < -0.39 is 5.92 Å². The molecule has 1 saturated heterocycles. The summed E-state index contributed by atoms with van der Waals surface area (Å²) in [7, 11) is 0. The molecule has 1 aliphatic rings. The van der Waals surface area contributed by atoms with Gasteiger partial charge in [-0.05, 0) is 30.5 Å². The lowest BCUT2D eigenvalue weighted by Crippen LogP contribution is -2.28. The summed E-state index contributed by atoms with van der Waals surface area (Å²) in [4.78, 5) is 26.8. The Morgan fingerprint density at radius 2 is 1.86 bits per heavy atom. The molecule has 2 aromatic carbocycles. The second-order valence-corrected chi connectivity index (χ2v) is 8.23. The van der Waals surface area contributed by atoms with Gasteiger partial charge in [-0.2, -0.15) is 0 Å². The molecule has 148 valence electrons. The van der Waals surface area contributed by atoms with E-state index in [0.29, 0.717) is 11.7 Å². The number of hydrogen-bond acceptors (Lipinski definition) is 5. The maximum Gasteiger partial charge on any atom is 0.231 e. The molecule has 0 bridgehead atoms. The molecule has 1 atom stereocenters. The highest BCUT2D eigenvalue weighted by Gasteiger charge is 2.35. The Morgan fingerprint density at radius 1 is 1.10 bits per heavy atom. The van der Waals surface area contributed by atoms with Crippen molar-refractivity contribution in [1.29, 1.82) is 0 Å². The number of rotatable bonds is 6. The number of para-hydroxylation sites is 1. The zero-order chi connectivity index (χ0) is 20.2. The molecule has 1 aliphatic heterocycles. The van der Waals surface area contributed by atoms with Crippen LogP contribution in [0.5, 0.6) is 0 Å². The van der Waals surface area contributed by atoms with Crippen LogP contribution in [-0.2, 0) is 22.4 Å². The van der Waals surface area contributed by atoms with Crippen molar-refractivity contribution < 1.29 is 9.59 Å². The van der Waals surface area contributed by atoms with Gasteiger partial charge in [0.25, 0.3) is 0 Å². The van der Waals surface area contributed by atoms with Gasteiger partial charge >= 0.3 is 0 Å². The average molecular weight is 407 g/mol. The van der Waals surface area contributed by atoms with Crippen LogP contribution in [0.4, 0.5) is 10.8 Å². The summed E-state index contributed by atoms with van der Waals surface area (Å²) in [6.07, 6.45) is 1.87. The Labute approximate surface area is 173 Å². The Bertz CT molecular complexity index is 1020. The Balaban J connectivity index is 1.35. The lowest BCUT2D eigenvalue weighted by molar-refractivity contribution is -0.122. The van der Waals surface area contributed by atoms with Crippen molar-refractivity contribution in [2.24, 2.45) is 5.92 Å².